The van der Waals surface area contributed by atoms with Crippen LogP contribution >= 0.6 is 11.6 Å². The van der Waals surface area contributed by atoms with Crippen molar-refractivity contribution in [2.45, 2.75) is 36.6 Å². The summed E-state index contributed by atoms with van der Waals surface area (Å²) >= 11 is 6.07. The average molecular weight is 491 g/mol. The van der Waals surface area contributed by atoms with Crippen molar-refractivity contribution in [3.63, 3.8) is 0 Å². The van der Waals surface area contributed by atoms with Gasteiger partial charge in [0.2, 0.25) is 9.84 Å². The Labute approximate surface area is 199 Å². The van der Waals surface area contributed by atoms with Crippen LogP contribution in [0.15, 0.2) is 58.3 Å². The summed E-state index contributed by atoms with van der Waals surface area (Å²) < 4.78 is 39.5. The predicted molar refractivity (Wildman–Crippen MR) is 128 cm³/mol. The molecule has 9 heteroatoms. The number of halogens is 1. The molecule has 1 N–H and O–H groups in total. The van der Waals surface area contributed by atoms with Crippen molar-refractivity contribution in [2.24, 2.45) is 0 Å². The maximum atomic E-state index is 13.7. The minimum atomic E-state index is -3.97. The number of carbonyl (C=O) groups is 1. The zero-order valence-corrected chi connectivity index (χ0v) is 20.6. The van der Waals surface area contributed by atoms with Crippen LogP contribution in [0, 0.1) is 13.8 Å². The van der Waals surface area contributed by atoms with E-state index in [1.807, 2.05) is 11.5 Å². The molecule has 1 amide bonds. The van der Waals surface area contributed by atoms with Crippen LogP contribution in [0.3, 0.4) is 0 Å². The van der Waals surface area contributed by atoms with Gasteiger partial charge in [-0.15, -0.1) is 0 Å². The quantitative estimate of drug-likeness (QED) is 0.431. The number of methoxy groups -OCH3 is 2. The van der Waals surface area contributed by atoms with Gasteiger partial charge in [0.1, 0.15) is 16.5 Å². The van der Waals surface area contributed by atoms with Gasteiger partial charge in [0.15, 0.2) is 0 Å². The Morgan fingerprint density at radius 3 is 2.48 bits per heavy atom. The fourth-order valence-corrected chi connectivity index (χ4v) is 5.63. The lowest BCUT2D eigenvalue weighted by molar-refractivity contribution is 0.102. The van der Waals surface area contributed by atoms with Crippen LogP contribution in [-0.2, 0) is 21.1 Å². The minimum absolute atomic E-state index is 0.0518. The molecule has 0 unspecified atom stereocenters. The number of anilines is 1. The number of nitrogens with one attached hydrogen (secondary N) is 1. The molecule has 3 rings (SSSR count). The van der Waals surface area contributed by atoms with Crippen molar-refractivity contribution in [1.29, 1.82) is 0 Å². The third-order valence-electron chi connectivity index (χ3n) is 5.44. The van der Waals surface area contributed by atoms with Crippen LogP contribution in [0.5, 0.6) is 5.75 Å². The molecular weight excluding hydrogens is 464 g/mol. The maximum absolute atomic E-state index is 13.7. The highest BCUT2D eigenvalue weighted by Crippen LogP contribution is 2.36. The Hall–Kier alpha value is -2.81. The Morgan fingerprint density at radius 2 is 1.82 bits per heavy atom. The van der Waals surface area contributed by atoms with Gasteiger partial charge >= 0.3 is 0 Å². The van der Waals surface area contributed by atoms with Gasteiger partial charge in [0, 0.05) is 36.5 Å². The summed E-state index contributed by atoms with van der Waals surface area (Å²) in [5, 5.41) is 3.15. The van der Waals surface area contributed by atoms with E-state index in [0.717, 1.165) is 5.69 Å². The van der Waals surface area contributed by atoms with E-state index in [1.165, 1.54) is 19.2 Å². The Morgan fingerprint density at radius 1 is 1.09 bits per heavy atom. The highest BCUT2D eigenvalue weighted by atomic mass is 35.5. The van der Waals surface area contributed by atoms with Gasteiger partial charge in [0.25, 0.3) is 5.91 Å². The molecule has 2 aromatic carbocycles. The third-order valence-corrected chi connectivity index (χ3v) is 7.59. The van der Waals surface area contributed by atoms with E-state index in [9.17, 15) is 13.2 Å². The Kier molecular flexibility index (Phi) is 7.84. The molecule has 0 saturated heterocycles. The standard InChI is InChI=1S/C24H27ClN2O5S/c1-16-17(2)27(12-7-13-31-3)23(26-24(28)18-8-5-10-20(14-18)32-4)22(16)33(29,30)21-11-6-9-19(25)15-21/h5-6,8-11,14-15H,7,12-13H2,1-4H3,(H,26,28). The molecule has 176 valence electrons. The molecule has 33 heavy (non-hydrogen) atoms. The van der Waals surface area contributed by atoms with E-state index in [0.29, 0.717) is 41.5 Å². The highest BCUT2D eigenvalue weighted by Gasteiger charge is 2.31. The predicted octanol–water partition coefficient (Wildman–Crippen LogP) is 4.89. The zero-order chi connectivity index (χ0) is 24.2. The SMILES string of the molecule is COCCCn1c(C)c(C)c(S(=O)(=O)c2cccc(Cl)c2)c1NC(=O)c1cccc(OC)c1. The van der Waals surface area contributed by atoms with E-state index in [1.54, 1.807) is 50.4 Å². The highest BCUT2D eigenvalue weighted by molar-refractivity contribution is 7.91. The number of aromatic nitrogens is 1. The second-order valence-electron chi connectivity index (χ2n) is 7.53. The van der Waals surface area contributed by atoms with Gasteiger partial charge < -0.3 is 19.4 Å². The fraction of sp³-hybridized carbons (Fsp3) is 0.292. The number of carbonyl (C=O) groups excluding carboxylic acids is 1. The number of rotatable bonds is 9. The number of benzene rings is 2. The second kappa shape index (κ2) is 10.4. The van der Waals surface area contributed by atoms with Crippen LogP contribution in [0.1, 0.15) is 28.0 Å². The minimum Gasteiger partial charge on any atom is -0.497 e. The average Bonchev–Trinajstić information content (AvgIpc) is 3.04. The van der Waals surface area contributed by atoms with E-state index in [4.69, 9.17) is 21.1 Å². The van der Waals surface area contributed by atoms with Crippen molar-refractivity contribution >= 4 is 33.2 Å². The molecule has 0 fully saturated rings. The van der Waals surface area contributed by atoms with E-state index >= 15 is 0 Å². The first kappa shape index (κ1) is 24.8. The molecule has 0 radical (unpaired) electrons. The third kappa shape index (κ3) is 5.24. The maximum Gasteiger partial charge on any atom is 0.256 e. The van der Waals surface area contributed by atoms with Crippen molar-refractivity contribution < 1.29 is 22.7 Å². The van der Waals surface area contributed by atoms with Gasteiger partial charge in [-0.25, -0.2) is 8.42 Å². The van der Waals surface area contributed by atoms with Crippen LogP contribution in [0.2, 0.25) is 5.02 Å². The van der Waals surface area contributed by atoms with Crippen LogP contribution in [0.4, 0.5) is 5.82 Å². The summed E-state index contributed by atoms with van der Waals surface area (Å²) in [6.45, 7) is 4.54. The van der Waals surface area contributed by atoms with Crippen LogP contribution in [0.25, 0.3) is 0 Å². The Balaban J connectivity index is 2.15. The van der Waals surface area contributed by atoms with Crippen molar-refractivity contribution in [2.75, 3.05) is 26.1 Å². The monoisotopic (exact) mass is 490 g/mol. The summed E-state index contributed by atoms with van der Waals surface area (Å²) in [5.41, 5.74) is 1.65. The largest absolute Gasteiger partial charge is 0.497 e. The van der Waals surface area contributed by atoms with Crippen LogP contribution < -0.4 is 10.1 Å². The number of sulfone groups is 1. The molecule has 1 aromatic heterocycles. The summed E-state index contributed by atoms with van der Waals surface area (Å²) in [4.78, 5) is 13.2. The summed E-state index contributed by atoms with van der Waals surface area (Å²) in [6, 6.07) is 12.8. The number of hydrogen-bond acceptors (Lipinski definition) is 5. The Bertz CT molecular complexity index is 1270. The fourth-order valence-electron chi connectivity index (χ4n) is 3.63. The first-order valence-electron chi connectivity index (χ1n) is 10.4. The molecule has 0 aliphatic carbocycles. The van der Waals surface area contributed by atoms with E-state index < -0.39 is 15.7 Å². The van der Waals surface area contributed by atoms with Gasteiger partial charge in [-0.3, -0.25) is 4.79 Å². The lowest BCUT2D eigenvalue weighted by Crippen LogP contribution is -2.18. The smallest absolute Gasteiger partial charge is 0.256 e. The molecule has 0 spiro atoms. The molecule has 0 atom stereocenters. The molecule has 1 heterocycles. The van der Waals surface area contributed by atoms with Crippen LogP contribution in [-0.4, -0.2) is 39.7 Å². The topological polar surface area (TPSA) is 86.6 Å². The van der Waals surface area contributed by atoms with Crippen molar-refractivity contribution in [1.82, 2.24) is 4.57 Å². The van der Waals surface area contributed by atoms with Gasteiger partial charge in [-0.1, -0.05) is 23.7 Å². The van der Waals surface area contributed by atoms with Gasteiger partial charge in [0.05, 0.1) is 12.0 Å². The number of nitrogens with zero attached hydrogens (tertiary/aromatic N) is 1. The van der Waals surface area contributed by atoms with Crippen molar-refractivity contribution in [3.8, 4) is 5.75 Å². The summed E-state index contributed by atoms with van der Waals surface area (Å²) in [6.07, 6.45) is 0.643. The lowest BCUT2D eigenvalue weighted by Gasteiger charge is -2.15. The number of amides is 1. The van der Waals surface area contributed by atoms with E-state index in [2.05, 4.69) is 5.32 Å². The van der Waals surface area contributed by atoms with E-state index in [-0.39, 0.29) is 15.6 Å². The van der Waals surface area contributed by atoms with Gasteiger partial charge in [-0.05, 0) is 62.2 Å². The van der Waals surface area contributed by atoms with Gasteiger partial charge in [-0.2, -0.15) is 0 Å². The molecular formula is C24H27ClN2O5S. The molecule has 0 aliphatic rings. The van der Waals surface area contributed by atoms with Crippen molar-refractivity contribution in [3.05, 3.63) is 70.4 Å². The number of ether oxygens (including phenoxy) is 2. The normalized spacial score (nSPS) is 11.4. The molecule has 0 aliphatic heterocycles. The zero-order valence-electron chi connectivity index (χ0n) is 19.0. The number of hydrogen-bond donors (Lipinski definition) is 1. The molecule has 7 nitrogen and oxygen atoms in total. The second-order valence-corrected chi connectivity index (χ2v) is 9.86. The first-order chi connectivity index (χ1) is 15.7. The summed E-state index contributed by atoms with van der Waals surface area (Å²) in [5.74, 6) is 0.299. The summed E-state index contributed by atoms with van der Waals surface area (Å²) in [7, 11) is -0.852. The molecule has 3 aromatic rings. The first-order valence-corrected chi connectivity index (χ1v) is 12.2. The molecule has 0 bridgehead atoms. The lowest BCUT2D eigenvalue weighted by atomic mass is 10.2. The molecule has 0 saturated carbocycles.